The van der Waals surface area contributed by atoms with Crippen LogP contribution in [0.25, 0.3) is 0 Å². The number of hydrogen-bond acceptors (Lipinski definition) is 2. The van der Waals surface area contributed by atoms with Gasteiger partial charge in [0.1, 0.15) is 6.29 Å². The van der Waals surface area contributed by atoms with Crippen LogP contribution in [0.4, 0.5) is 0 Å². The van der Waals surface area contributed by atoms with Gasteiger partial charge in [-0.1, -0.05) is 0 Å². The van der Waals surface area contributed by atoms with Gasteiger partial charge in [-0.3, -0.25) is 0 Å². The molecular formula is C3H6NO. The molecule has 5 heavy (non-hydrogen) atoms. The van der Waals surface area contributed by atoms with Gasteiger partial charge in [-0.2, -0.15) is 0 Å². The summed E-state index contributed by atoms with van der Waals surface area (Å²) in [6.45, 7) is 1.31. The molecule has 0 rings (SSSR count). The van der Waals surface area contributed by atoms with Crippen LogP contribution >= 0.6 is 0 Å². The van der Waals surface area contributed by atoms with Gasteiger partial charge in [-0.25, -0.2) is 0 Å². The van der Waals surface area contributed by atoms with E-state index in [9.17, 15) is 4.79 Å². The van der Waals surface area contributed by atoms with Crippen molar-refractivity contribution in [1.29, 1.82) is 0 Å². The zero-order chi connectivity index (χ0) is 4.12. The van der Waals surface area contributed by atoms with E-state index in [1.807, 2.05) is 0 Å². The Hall–Kier alpha value is -0.370. The maximum absolute atomic E-state index is 9.29. The molecule has 0 saturated heterocycles. The van der Waals surface area contributed by atoms with E-state index in [1.54, 1.807) is 0 Å². The summed E-state index contributed by atoms with van der Waals surface area (Å²) in [6.07, 6.45) is 1.11. The van der Waals surface area contributed by atoms with Crippen LogP contribution in [-0.2, 0) is 4.79 Å². The molecule has 0 aliphatic carbocycles. The van der Waals surface area contributed by atoms with Crippen LogP contribution < -0.4 is 5.73 Å². The normalized spacial score (nSPS) is 7.40. The molecule has 0 aromatic heterocycles. The first kappa shape index (κ1) is 4.63. The molecule has 2 heteroatoms. The van der Waals surface area contributed by atoms with Crippen molar-refractivity contribution in [3.8, 4) is 0 Å². The number of nitrogens with two attached hydrogens (primary N) is 1. The molecule has 0 fully saturated rings. The molecule has 1 radical (unpaired) electrons. The SMILES string of the molecule is N[CH]CC=O. The summed E-state index contributed by atoms with van der Waals surface area (Å²) in [5.41, 5.74) is 4.78. The largest absolute Gasteiger partial charge is 0.326 e. The van der Waals surface area contributed by atoms with E-state index in [-0.39, 0.29) is 0 Å². The number of aldehydes is 1. The van der Waals surface area contributed by atoms with Crippen molar-refractivity contribution in [2.24, 2.45) is 5.73 Å². The van der Waals surface area contributed by atoms with Gasteiger partial charge in [0.05, 0.1) is 0 Å². The third-order valence-electron chi connectivity index (χ3n) is 0.232. The van der Waals surface area contributed by atoms with Gasteiger partial charge in [-0.05, 0) is 0 Å². The van der Waals surface area contributed by atoms with Gasteiger partial charge in [0.25, 0.3) is 0 Å². The minimum absolute atomic E-state index is 0.361. The Morgan fingerprint density at radius 1 is 1.80 bits per heavy atom. The molecule has 0 aliphatic heterocycles. The second-order valence-electron chi connectivity index (χ2n) is 0.638. The molecule has 0 amide bonds. The summed E-state index contributed by atoms with van der Waals surface area (Å²) in [5, 5.41) is 0. The summed E-state index contributed by atoms with van der Waals surface area (Å²) >= 11 is 0. The fourth-order valence-corrected chi connectivity index (χ4v) is 0.0556. The Morgan fingerprint density at radius 3 is 2.40 bits per heavy atom. The van der Waals surface area contributed by atoms with E-state index in [1.165, 1.54) is 6.54 Å². The van der Waals surface area contributed by atoms with Crippen LogP contribution in [0, 0.1) is 6.54 Å². The van der Waals surface area contributed by atoms with Crippen LogP contribution in [0.2, 0.25) is 0 Å². The van der Waals surface area contributed by atoms with Gasteiger partial charge >= 0.3 is 0 Å². The maximum Gasteiger partial charge on any atom is 0.121 e. The third-order valence-corrected chi connectivity index (χ3v) is 0.232. The van der Waals surface area contributed by atoms with E-state index in [0.29, 0.717) is 6.42 Å². The van der Waals surface area contributed by atoms with Crippen molar-refractivity contribution in [2.75, 3.05) is 0 Å². The molecule has 2 N–H and O–H groups in total. The zero-order valence-corrected chi connectivity index (χ0v) is 2.85. The highest BCUT2D eigenvalue weighted by Crippen LogP contribution is 1.62. The second kappa shape index (κ2) is 3.63. The number of carbonyl (C=O) groups is 1. The Labute approximate surface area is 31.0 Å². The van der Waals surface area contributed by atoms with E-state index in [2.05, 4.69) is 0 Å². The molecule has 2 nitrogen and oxygen atoms in total. The molecule has 0 atom stereocenters. The standard InChI is InChI=1S/C3H6NO/c4-2-1-3-5/h2-3H,1,4H2. The highest BCUT2D eigenvalue weighted by molar-refractivity contribution is 5.50. The monoisotopic (exact) mass is 72.0 g/mol. The zero-order valence-electron chi connectivity index (χ0n) is 2.85. The summed E-state index contributed by atoms with van der Waals surface area (Å²) in [4.78, 5) is 9.29. The number of rotatable bonds is 2. The van der Waals surface area contributed by atoms with Crippen molar-refractivity contribution in [2.45, 2.75) is 6.42 Å². The molecule has 0 bridgehead atoms. The lowest BCUT2D eigenvalue weighted by molar-refractivity contribution is -0.107. The second-order valence-corrected chi connectivity index (χ2v) is 0.638. The fourth-order valence-electron chi connectivity index (χ4n) is 0.0556. The molecule has 0 aromatic carbocycles. The van der Waals surface area contributed by atoms with Crippen LogP contribution in [0.5, 0.6) is 0 Å². The summed E-state index contributed by atoms with van der Waals surface area (Å²) in [5.74, 6) is 0. The molecule has 0 spiro atoms. The first-order valence-corrected chi connectivity index (χ1v) is 1.39. The highest BCUT2D eigenvalue weighted by Gasteiger charge is 1.67. The summed E-state index contributed by atoms with van der Waals surface area (Å²) in [7, 11) is 0. The molecule has 0 unspecified atom stereocenters. The molecule has 0 heterocycles. The average Bonchev–Trinajstić information content (AvgIpc) is 1.41. The highest BCUT2D eigenvalue weighted by atomic mass is 16.1. The predicted octanol–water partition coefficient (Wildman–Crippen LogP) is -0.304. The molecular weight excluding hydrogens is 66.0 g/mol. The molecule has 29 valence electrons. The average molecular weight is 72.1 g/mol. The van der Waals surface area contributed by atoms with Crippen molar-refractivity contribution in [3.63, 3.8) is 0 Å². The van der Waals surface area contributed by atoms with Crippen LogP contribution in [0.3, 0.4) is 0 Å². The Bertz CT molecular complexity index is 28.1. The number of carbonyl (C=O) groups excluding carboxylic acids is 1. The molecule has 0 aromatic rings. The van der Waals surface area contributed by atoms with Gasteiger partial charge in [0.2, 0.25) is 0 Å². The van der Waals surface area contributed by atoms with Crippen LogP contribution in [-0.4, -0.2) is 6.29 Å². The van der Waals surface area contributed by atoms with Crippen molar-refractivity contribution >= 4 is 6.29 Å². The van der Waals surface area contributed by atoms with Gasteiger partial charge < -0.3 is 10.5 Å². The van der Waals surface area contributed by atoms with Crippen molar-refractivity contribution < 1.29 is 4.79 Å². The van der Waals surface area contributed by atoms with E-state index in [0.717, 1.165) is 6.29 Å². The van der Waals surface area contributed by atoms with E-state index >= 15 is 0 Å². The van der Waals surface area contributed by atoms with Crippen LogP contribution in [0.1, 0.15) is 6.42 Å². The molecule has 0 aliphatic rings. The minimum Gasteiger partial charge on any atom is -0.326 e. The topological polar surface area (TPSA) is 43.1 Å². The van der Waals surface area contributed by atoms with Gasteiger partial charge in [-0.15, -0.1) is 0 Å². The van der Waals surface area contributed by atoms with Crippen LogP contribution in [0.15, 0.2) is 0 Å². The minimum atomic E-state index is 0.361. The Kier molecular flexibility index (Phi) is 3.36. The van der Waals surface area contributed by atoms with E-state index in [4.69, 9.17) is 5.73 Å². The van der Waals surface area contributed by atoms with Gasteiger partial charge in [0.15, 0.2) is 0 Å². The van der Waals surface area contributed by atoms with Crippen molar-refractivity contribution in [1.82, 2.24) is 0 Å². The Morgan fingerprint density at radius 2 is 2.40 bits per heavy atom. The lowest BCUT2D eigenvalue weighted by atomic mass is 10.5. The number of hydrogen-bond donors (Lipinski definition) is 1. The quantitative estimate of drug-likeness (QED) is 0.455. The van der Waals surface area contributed by atoms with Crippen molar-refractivity contribution in [3.05, 3.63) is 6.54 Å². The fraction of sp³-hybridized carbons (Fsp3) is 0.333. The summed E-state index contributed by atoms with van der Waals surface area (Å²) < 4.78 is 0. The summed E-state index contributed by atoms with van der Waals surface area (Å²) in [6, 6.07) is 0. The Balaban J connectivity index is 2.40. The molecule has 0 saturated carbocycles. The predicted molar refractivity (Wildman–Crippen MR) is 19.2 cm³/mol. The first-order chi connectivity index (χ1) is 2.41. The first-order valence-electron chi connectivity index (χ1n) is 1.39. The van der Waals surface area contributed by atoms with E-state index < -0.39 is 0 Å². The lowest BCUT2D eigenvalue weighted by Gasteiger charge is -1.69. The lowest BCUT2D eigenvalue weighted by Crippen LogP contribution is -1.88. The van der Waals surface area contributed by atoms with Gasteiger partial charge in [0, 0.05) is 13.0 Å². The smallest absolute Gasteiger partial charge is 0.121 e. The maximum atomic E-state index is 9.29. The third kappa shape index (κ3) is 3.63.